The number of nitrogens with zero attached hydrogens (tertiary/aromatic N) is 6. The number of benzene rings is 2. The number of ether oxygens (including phenoxy) is 1. The van der Waals surface area contributed by atoms with Crippen LogP contribution < -0.4 is 4.74 Å². The summed E-state index contributed by atoms with van der Waals surface area (Å²) in [6, 6.07) is 13.0. The van der Waals surface area contributed by atoms with Crippen LogP contribution in [0.2, 0.25) is 10.0 Å². The van der Waals surface area contributed by atoms with Gasteiger partial charge >= 0.3 is 0 Å². The van der Waals surface area contributed by atoms with E-state index in [1.807, 2.05) is 30.3 Å². The predicted molar refractivity (Wildman–Crippen MR) is 110 cm³/mol. The van der Waals surface area contributed by atoms with Crippen LogP contribution in [-0.4, -0.2) is 37.1 Å². The van der Waals surface area contributed by atoms with Crippen LogP contribution in [0.5, 0.6) is 5.75 Å². The lowest BCUT2D eigenvalue weighted by molar-refractivity contribution is 0.414. The van der Waals surface area contributed by atoms with E-state index in [2.05, 4.69) is 36.4 Å². The Morgan fingerprint density at radius 1 is 1.07 bits per heavy atom. The summed E-state index contributed by atoms with van der Waals surface area (Å²) in [5, 5.41) is 18.0. The summed E-state index contributed by atoms with van der Waals surface area (Å²) in [6.45, 7) is 0.496. The molecule has 4 aromatic rings. The van der Waals surface area contributed by atoms with Gasteiger partial charge in [-0.15, -0.1) is 10.2 Å². The normalized spacial score (nSPS) is 11.0. The third-order valence-electron chi connectivity index (χ3n) is 4.04. The molecule has 28 heavy (non-hydrogen) atoms. The SMILES string of the molecule is COc1ccc(Cn2nnc(-c3cnn(-c4ccc(Cl)c(Cl)c4)c3Br)n2)cc1. The molecule has 0 unspecified atom stereocenters. The van der Waals surface area contributed by atoms with Crippen LogP contribution in [0.15, 0.2) is 53.3 Å². The lowest BCUT2D eigenvalue weighted by atomic mass is 10.2. The molecule has 0 fully saturated rings. The molecule has 0 amide bonds. The van der Waals surface area contributed by atoms with E-state index >= 15 is 0 Å². The Bertz CT molecular complexity index is 1130. The van der Waals surface area contributed by atoms with E-state index < -0.39 is 0 Å². The lowest BCUT2D eigenvalue weighted by Gasteiger charge is -2.05. The van der Waals surface area contributed by atoms with Crippen LogP contribution in [0.4, 0.5) is 0 Å². The van der Waals surface area contributed by atoms with Crippen molar-refractivity contribution in [2.75, 3.05) is 7.11 Å². The molecule has 0 aliphatic heterocycles. The number of halogens is 3. The minimum absolute atomic E-state index is 0.451. The fourth-order valence-corrected chi connectivity index (χ4v) is 3.46. The van der Waals surface area contributed by atoms with E-state index in [4.69, 9.17) is 27.9 Å². The molecule has 0 spiro atoms. The minimum atomic E-state index is 0.451. The summed E-state index contributed by atoms with van der Waals surface area (Å²) in [5.74, 6) is 1.27. The maximum absolute atomic E-state index is 6.11. The maximum atomic E-state index is 6.11. The quantitative estimate of drug-likeness (QED) is 0.416. The average molecular weight is 480 g/mol. The Balaban J connectivity index is 1.58. The Kier molecular flexibility index (Phi) is 5.34. The first-order chi connectivity index (χ1) is 13.5. The predicted octanol–water partition coefficient (Wildman–Crippen LogP) is 4.65. The van der Waals surface area contributed by atoms with Gasteiger partial charge in [-0.1, -0.05) is 35.3 Å². The second-order valence-electron chi connectivity index (χ2n) is 5.85. The van der Waals surface area contributed by atoms with E-state index in [9.17, 15) is 0 Å². The molecule has 0 radical (unpaired) electrons. The van der Waals surface area contributed by atoms with Crippen molar-refractivity contribution in [3.63, 3.8) is 0 Å². The highest BCUT2D eigenvalue weighted by Gasteiger charge is 2.16. The van der Waals surface area contributed by atoms with Crippen LogP contribution in [0.3, 0.4) is 0 Å². The number of aromatic nitrogens is 6. The van der Waals surface area contributed by atoms with Gasteiger partial charge in [0, 0.05) is 0 Å². The van der Waals surface area contributed by atoms with Gasteiger partial charge in [0.1, 0.15) is 10.4 Å². The van der Waals surface area contributed by atoms with Gasteiger partial charge in [-0.3, -0.25) is 0 Å². The summed E-state index contributed by atoms with van der Waals surface area (Å²) < 4.78 is 7.54. The molecular formula is C18H13BrCl2N6O. The standard InChI is InChI=1S/C18H13BrCl2N6O/c1-28-13-5-2-11(3-6-13)10-26-24-18(23-25-26)14-9-22-27(17(14)19)12-4-7-15(20)16(21)8-12/h2-9H,10H2,1H3. The second kappa shape index (κ2) is 7.90. The van der Waals surface area contributed by atoms with E-state index in [1.54, 1.807) is 30.1 Å². The van der Waals surface area contributed by atoms with Crippen molar-refractivity contribution in [3.05, 3.63) is 68.9 Å². The van der Waals surface area contributed by atoms with E-state index in [-0.39, 0.29) is 0 Å². The molecular weight excluding hydrogens is 467 g/mol. The van der Waals surface area contributed by atoms with Crippen LogP contribution in [0.1, 0.15) is 5.56 Å². The maximum Gasteiger partial charge on any atom is 0.209 e. The average Bonchev–Trinajstić information content (AvgIpc) is 3.31. The van der Waals surface area contributed by atoms with Crippen LogP contribution in [0.25, 0.3) is 17.1 Å². The monoisotopic (exact) mass is 478 g/mol. The van der Waals surface area contributed by atoms with Crippen LogP contribution in [0, 0.1) is 0 Å². The van der Waals surface area contributed by atoms with Crippen LogP contribution >= 0.6 is 39.1 Å². The smallest absolute Gasteiger partial charge is 0.209 e. The molecule has 7 nitrogen and oxygen atoms in total. The number of hydrogen-bond acceptors (Lipinski definition) is 5. The zero-order valence-corrected chi connectivity index (χ0v) is 17.6. The fourth-order valence-electron chi connectivity index (χ4n) is 2.59. The number of rotatable bonds is 5. The Labute approximate surface area is 179 Å². The molecule has 2 heterocycles. The Hall–Kier alpha value is -2.42. The van der Waals surface area contributed by atoms with Crippen LogP contribution in [-0.2, 0) is 6.54 Å². The topological polar surface area (TPSA) is 70.7 Å². The van der Waals surface area contributed by atoms with Crippen molar-refractivity contribution in [1.82, 2.24) is 30.0 Å². The second-order valence-corrected chi connectivity index (χ2v) is 7.42. The zero-order valence-electron chi connectivity index (χ0n) is 14.6. The van der Waals surface area contributed by atoms with E-state index in [1.165, 1.54) is 4.80 Å². The molecule has 0 aliphatic carbocycles. The van der Waals surface area contributed by atoms with Gasteiger partial charge in [0.25, 0.3) is 0 Å². The van der Waals surface area contributed by atoms with Gasteiger partial charge in [-0.2, -0.15) is 9.90 Å². The van der Waals surface area contributed by atoms with E-state index in [0.717, 1.165) is 17.0 Å². The molecule has 0 N–H and O–H groups in total. The number of methoxy groups -OCH3 is 1. The highest BCUT2D eigenvalue weighted by molar-refractivity contribution is 9.10. The lowest BCUT2D eigenvalue weighted by Crippen LogP contribution is -2.04. The van der Waals surface area contributed by atoms with Gasteiger partial charge < -0.3 is 4.74 Å². The molecule has 2 aromatic heterocycles. The van der Waals surface area contributed by atoms with Crippen molar-refractivity contribution in [2.45, 2.75) is 6.54 Å². The van der Waals surface area contributed by atoms with Gasteiger partial charge in [-0.25, -0.2) is 4.68 Å². The highest BCUT2D eigenvalue weighted by atomic mass is 79.9. The van der Waals surface area contributed by atoms with Crippen molar-refractivity contribution in [2.24, 2.45) is 0 Å². The number of tetrazole rings is 1. The zero-order chi connectivity index (χ0) is 19.7. The molecule has 142 valence electrons. The third kappa shape index (κ3) is 3.76. The summed E-state index contributed by atoms with van der Waals surface area (Å²) in [4.78, 5) is 1.53. The van der Waals surface area contributed by atoms with Crippen molar-refractivity contribution >= 4 is 39.1 Å². The molecule has 10 heteroatoms. The molecule has 0 saturated heterocycles. The first-order valence-corrected chi connectivity index (χ1v) is 9.70. The Morgan fingerprint density at radius 3 is 2.57 bits per heavy atom. The van der Waals surface area contributed by atoms with Crippen molar-refractivity contribution in [1.29, 1.82) is 0 Å². The fraction of sp³-hybridized carbons (Fsp3) is 0.111. The van der Waals surface area contributed by atoms with Gasteiger partial charge in [0.2, 0.25) is 5.82 Å². The molecule has 0 saturated carbocycles. The molecule has 0 aliphatic rings. The first-order valence-electron chi connectivity index (χ1n) is 8.15. The Morgan fingerprint density at radius 2 is 1.86 bits per heavy atom. The van der Waals surface area contributed by atoms with Crippen molar-refractivity contribution < 1.29 is 4.74 Å². The molecule has 2 aromatic carbocycles. The van der Waals surface area contributed by atoms with Gasteiger partial charge in [0.05, 0.1) is 41.1 Å². The first kappa shape index (κ1) is 18.9. The summed E-state index contributed by atoms with van der Waals surface area (Å²) in [7, 11) is 1.64. The van der Waals surface area contributed by atoms with Gasteiger partial charge in [-0.05, 0) is 57.0 Å². The summed E-state index contributed by atoms with van der Waals surface area (Å²) in [5.41, 5.74) is 2.51. The molecule has 4 rings (SSSR count). The minimum Gasteiger partial charge on any atom is -0.497 e. The molecule has 0 atom stereocenters. The van der Waals surface area contributed by atoms with E-state index in [0.29, 0.717) is 32.6 Å². The van der Waals surface area contributed by atoms with Crippen molar-refractivity contribution in [3.8, 4) is 22.8 Å². The summed E-state index contributed by atoms with van der Waals surface area (Å²) >= 11 is 15.6. The third-order valence-corrected chi connectivity index (χ3v) is 5.54. The summed E-state index contributed by atoms with van der Waals surface area (Å²) in [6.07, 6.45) is 1.67. The largest absolute Gasteiger partial charge is 0.497 e. The highest BCUT2D eigenvalue weighted by Crippen LogP contribution is 2.30. The number of hydrogen-bond donors (Lipinski definition) is 0. The molecule has 0 bridgehead atoms. The van der Waals surface area contributed by atoms with Gasteiger partial charge in [0.15, 0.2) is 0 Å².